The van der Waals surface area contributed by atoms with Crippen LogP contribution in [0.2, 0.25) is 0 Å². The smallest absolute Gasteiger partial charge is 0.408 e. The predicted molar refractivity (Wildman–Crippen MR) is 97.5 cm³/mol. The van der Waals surface area contributed by atoms with Gasteiger partial charge in [-0.25, -0.2) is 9.59 Å². The van der Waals surface area contributed by atoms with Gasteiger partial charge in [-0.15, -0.1) is 0 Å². The van der Waals surface area contributed by atoms with E-state index in [0.717, 1.165) is 11.3 Å². The largest absolute Gasteiger partial charge is 0.480 e. The standard InChI is InChI=1S/C20H23NO5/c1-20(2,3)26-19(24)21-17(18(22)23)13-14-9-11-16(12-10-14)25-15-7-5-4-6-8-15/h4-12,17H,13H2,1-3H3,(H,21,24)(H,22,23). The van der Waals surface area contributed by atoms with Gasteiger partial charge in [0.05, 0.1) is 0 Å². The molecule has 0 bridgehead atoms. The highest BCUT2D eigenvalue weighted by molar-refractivity contribution is 5.80. The monoisotopic (exact) mass is 357 g/mol. The number of nitrogens with one attached hydrogen (secondary N) is 1. The maximum absolute atomic E-state index is 11.8. The van der Waals surface area contributed by atoms with E-state index in [2.05, 4.69) is 5.32 Å². The lowest BCUT2D eigenvalue weighted by Crippen LogP contribution is -2.44. The number of hydrogen-bond donors (Lipinski definition) is 2. The summed E-state index contributed by atoms with van der Waals surface area (Å²) in [6.07, 6.45) is -0.617. The molecule has 0 spiro atoms. The number of rotatable bonds is 6. The highest BCUT2D eigenvalue weighted by Crippen LogP contribution is 2.21. The Bertz CT molecular complexity index is 735. The summed E-state index contributed by atoms with van der Waals surface area (Å²) in [5, 5.41) is 11.7. The maximum Gasteiger partial charge on any atom is 0.408 e. The lowest BCUT2D eigenvalue weighted by molar-refractivity contribution is -0.139. The molecule has 0 aromatic heterocycles. The van der Waals surface area contributed by atoms with Crippen LogP contribution in [-0.4, -0.2) is 28.8 Å². The Kier molecular flexibility index (Phi) is 6.22. The van der Waals surface area contributed by atoms with E-state index in [1.54, 1.807) is 45.0 Å². The van der Waals surface area contributed by atoms with Gasteiger partial charge in [-0.1, -0.05) is 30.3 Å². The molecule has 138 valence electrons. The van der Waals surface area contributed by atoms with Gasteiger partial charge in [0.2, 0.25) is 0 Å². The zero-order valence-electron chi connectivity index (χ0n) is 15.1. The maximum atomic E-state index is 11.8. The van der Waals surface area contributed by atoms with Gasteiger partial charge in [-0.05, 0) is 50.6 Å². The number of ether oxygens (including phenoxy) is 2. The number of alkyl carbamates (subject to hydrolysis) is 1. The van der Waals surface area contributed by atoms with Gasteiger partial charge in [0.25, 0.3) is 0 Å². The zero-order chi connectivity index (χ0) is 19.2. The molecule has 6 heteroatoms. The SMILES string of the molecule is CC(C)(C)OC(=O)NC(Cc1ccc(Oc2ccccc2)cc1)C(=O)O. The van der Waals surface area contributed by atoms with Crippen LogP contribution in [0, 0.1) is 0 Å². The van der Waals surface area contributed by atoms with Crippen LogP contribution in [-0.2, 0) is 16.0 Å². The number of carboxylic acid groups (broad SMARTS) is 1. The second-order valence-electron chi connectivity index (χ2n) is 6.80. The third-order valence-electron chi connectivity index (χ3n) is 3.33. The van der Waals surface area contributed by atoms with Crippen molar-refractivity contribution in [2.45, 2.75) is 38.8 Å². The van der Waals surface area contributed by atoms with Crippen molar-refractivity contribution in [1.29, 1.82) is 0 Å². The number of amides is 1. The van der Waals surface area contributed by atoms with Gasteiger partial charge in [0.15, 0.2) is 0 Å². The van der Waals surface area contributed by atoms with Crippen LogP contribution in [0.25, 0.3) is 0 Å². The number of para-hydroxylation sites is 1. The zero-order valence-corrected chi connectivity index (χ0v) is 15.1. The molecule has 1 amide bonds. The van der Waals surface area contributed by atoms with E-state index in [0.29, 0.717) is 5.75 Å². The van der Waals surface area contributed by atoms with Gasteiger partial charge < -0.3 is 19.9 Å². The fourth-order valence-electron chi connectivity index (χ4n) is 2.20. The van der Waals surface area contributed by atoms with Crippen molar-refractivity contribution in [2.24, 2.45) is 0 Å². The fraction of sp³-hybridized carbons (Fsp3) is 0.300. The highest BCUT2D eigenvalue weighted by Gasteiger charge is 2.24. The molecular weight excluding hydrogens is 334 g/mol. The molecule has 1 atom stereocenters. The minimum absolute atomic E-state index is 0.139. The normalized spacial score (nSPS) is 12.1. The van der Waals surface area contributed by atoms with Crippen molar-refractivity contribution < 1.29 is 24.2 Å². The summed E-state index contributed by atoms with van der Waals surface area (Å²) in [7, 11) is 0. The Morgan fingerprint density at radius 3 is 2.12 bits per heavy atom. The molecule has 2 aromatic rings. The Hall–Kier alpha value is -3.02. The summed E-state index contributed by atoms with van der Waals surface area (Å²) in [5.41, 5.74) is 0.0673. The van der Waals surface area contributed by atoms with Crippen molar-refractivity contribution >= 4 is 12.1 Å². The van der Waals surface area contributed by atoms with Crippen molar-refractivity contribution in [1.82, 2.24) is 5.32 Å². The van der Waals surface area contributed by atoms with Crippen LogP contribution in [0.4, 0.5) is 4.79 Å². The number of hydrogen-bond acceptors (Lipinski definition) is 4. The van der Waals surface area contributed by atoms with Crippen LogP contribution in [0.1, 0.15) is 26.3 Å². The number of carboxylic acids is 1. The van der Waals surface area contributed by atoms with E-state index < -0.39 is 23.7 Å². The van der Waals surface area contributed by atoms with E-state index in [1.807, 2.05) is 30.3 Å². The molecule has 2 aromatic carbocycles. The molecule has 6 nitrogen and oxygen atoms in total. The molecule has 1 unspecified atom stereocenters. The number of aliphatic carboxylic acids is 1. The van der Waals surface area contributed by atoms with Crippen LogP contribution in [0.5, 0.6) is 11.5 Å². The van der Waals surface area contributed by atoms with Gasteiger partial charge in [0.1, 0.15) is 23.1 Å². The molecule has 0 aliphatic carbocycles. The summed E-state index contributed by atoms with van der Waals surface area (Å²) in [5.74, 6) is 0.239. The average molecular weight is 357 g/mol. The molecule has 0 saturated carbocycles. The summed E-state index contributed by atoms with van der Waals surface area (Å²) >= 11 is 0. The van der Waals surface area contributed by atoms with E-state index in [4.69, 9.17) is 9.47 Å². The van der Waals surface area contributed by atoms with Gasteiger partial charge >= 0.3 is 12.1 Å². The third kappa shape index (κ3) is 6.47. The molecule has 0 aliphatic rings. The first-order valence-electron chi connectivity index (χ1n) is 8.27. The first-order chi connectivity index (χ1) is 12.2. The minimum atomic E-state index is -1.12. The Balaban J connectivity index is 1.98. The molecular formula is C20H23NO5. The molecule has 0 aliphatic heterocycles. The van der Waals surface area contributed by atoms with E-state index >= 15 is 0 Å². The minimum Gasteiger partial charge on any atom is -0.480 e. The molecule has 0 heterocycles. The number of carbonyl (C=O) groups excluding carboxylic acids is 1. The van der Waals surface area contributed by atoms with Gasteiger partial charge in [-0.2, -0.15) is 0 Å². The molecule has 0 radical (unpaired) electrons. The summed E-state index contributed by atoms with van der Waals surface area (Å²) in [6.45, 7) is 5.15. The molecule has 0 saturated heterocycles. The van der Waals surface area contributed by atoms with Crippen LogP contribution in [0.15, 0.2) is 54.6 Å². The summed E-state index contributed by atoms with van der Waals surface area (Å²) in [6, 6.07) is 15.3. The second-order valence-corrected chi connectivity index (χ2v) is 6.80. The first-order valence-corrected chi connectivity index (χ1v) is 8.27. The topological polar surface area (TPSA) is 84.9 Å². The first kappa shape index (κ1) is 19.3. The van der Waals surface area contributed by atoms with E-state index in [1.165, 1.54) is 0 Å². The van der Waals surface area contributed by atoms with Crippen LogP contribution < -0.4 is 10.1 Å². The van der Waals surface area contributed by atoms with Crippen molar-refractivity contribution in [3.05, 3.63) is 60.2 Å². The Labute approximate surface area is 152 Å². The number of carbonyl (C=O) groups is 2. The predicted octanol–water partition coefficient (Wildman–Crippen LogP) is 4.00. The Morgan fingerprint density at radius 1 is 1.00 bits per heavy atom. The molecule has 2 rings (SSSR count). The molecule has 0 fully saturated rings. The van der Waals surface area contributed by atoms with Crippen LogP contribution >= 0.6 is 0 Å². The summed E-state index contributed by atoms with van der Waals surface area (Å²) < 4.78 is 10.8. The summed E-state index contributed by atoms with van der Waals surface area (Å²) in [4.78, 5) is 23.2. The molecule has 2 N–H and O–H groups in total. The third-order valence-corrected chi connectivity index (χ3v) is 3.33. The van der Waals surface area contributed by atoms with Crippen molar-refractivity contribution in [3.8, 4) is 11.5 Å². The van der Waals surface area contributed by atoms with Gasteiger partial charge in [0, 0.05) is 6.42 Å². The lowest BCUT2D eigenvalue weighted by Gasteiger charge is -2.22. The lowest BCUT2D eigenvalue weighted by atomic mass is 10.1. The van der Waals surface area contributed by atoms with E-state index in [9.17, 15) is 14.7 Å². The molecule has 26 heavy (non-hydrogen) atoms. The average Bonchev–Trinajstić information content (AvgIpc) is 2.55. The second kappa shape index (κ2) is 8.38. The fourth-order valence-corrected chi connectivity index (χ4v) is 2.20. The van der Waals surface area contributed by atoms with Gasteiger partial charge in [-0.3, -0.25) is 0 Å². The van der Waals surface area contributed by atoms with Crippen molar-refractivity contribution in [2.75, 3.05) is 0 Å². The Morgan fingerprint density at radius 2 is 1.58 bits per heavy atom. The quantitative estimate of drug-likeness (QED) is 0.816. The number of benzene rings is 2. The highest BCUT2D eigenvalue weighted by atomic mass is 16.6. The van der Waals surface area contributed by atoms with Crippen LogP contribution in [0.3, 0.4) is 0 Å². The van der Waals surface area contributed by atoms with E-state index in [-0.39, 0.29) is 6.42 Å². The van der Waals surface area contributed by atoms with Crippen molar-refractivity contribution in [3.63, 3.8) is 0 Å².